The van der Waals surface area contributed by atoms with Gasteiger partial charge < -0.3 is 20.1 Å². The standard InChI is InChI=1S/C19H28N2O3.C2HF3O2/c1-3-21(12-13-24-2)19(23)7-6-18(22)17-5-4-15-8-10-20-11-9-16(15)14-17;3-2(4,5)1(6)7/h4-5,14,20H,3,6-13H2,1-2H3;(H,6,7). The van der Waals surface area contributed by atoms with Crippen molar-refractivity contribution in [1.29, 1.82) is 0 Å². The molecule has 0 fully saturated rings. The Labute approximate surface area is 179 Å². The van der Waals surface area contributed by atoms with Crippen molar-refractivity contribution in [2.24, 2.45) is 0 Å². The number of fused-ring (bicyclic) bond motifs is 1. The fraction of sp³-hybridized carbons (Fsp3) is 0.571. The highest BCUT2D eigenvalue weighted by Gasteiger charge is 2.38. The molecule has 1 aliphatic heterocycles. The maximum Gasteiger partial charge on any atom is 0.490 e. The summed E-state index contributed by atoms with van der Waals surface area (Å²) in [5, 5.41) is 10.5. The number of nitrogens with one attached hydrogen (secondary N) is 1. The number of carboxylic acid groups (broad SMARTS) is 1. The molecule has 0 bridgehead atoms. The number of rotatable bonds is 8. The van der Waals surface area contributed by atoms with Gasteiger partial charge in [0, 0.05) is 38.6 Å². The first kappa shape index (κ1) is 26.6. The van der Waals surface area contributed by atoms with E-state index in [4.69, 9.17) is 14.6 Å². The maximum atomic E-state index is 12.4. The first-order chi connectivity index (χ1) is 14.6. The normalized spacial score (nSPS) is 13.3. The smallest absolute Gasteiger partial charge is 0.475 e. The van der Waals surface area contributed by atoms with Crippen LogP contribution in [-0.4, -0.2) is 73.7 Å². The average Bonchev–Trinajstić information content (AvgIpc) is 2.97. The number of carbonyl (C=O) groups excluding carboxylic acids is 2. The Morgan fingerprint density at radius 2 is 1.74 bits per heavy atom. The lowest BCUT2D eigenvalue weighted by atomic mass is 9.97. The Bertz CT molecular complexity index is 753. The van der Waals surface area contributed by atoms with E-state index in [1.54, 1.807) is 12.0 Å². The number of carbonyl (C=O) groups is 3. The van der Waals surface area contributed by atoms with Gasteiger partial charge in [0.15, 0.2) is 5.78 Å². The third-order valence-corrected chi connectivity index (χ3v) is 4.78. The minimum atomic E-state index is -5.08. The molecule has 31 heavy (non-hydrogen) atoms. The molecule has 0 saturated heterocycles. The highest BCUT2D eigenvalue weighted by Crippen LogP contribution is 2.17. The first-order valence-electron chi connectivity index (χ1n) is 10.0. The second-order valence-electron chi connectivity index (χ2n) is 6.93. The number of ketones is 1. The van der Waals surface area contributed by atoms with Gasteiger partial charge in [0.1, 0.15) is 0 Å². The number of alkyl halides is 3. The lowest BCUT2D eigenvalue weighted by molar-refractivity contribution is -0.192. The number of likely N-dealkylation sites (N-methyl/N-ethyl adjacent to an activating group) is 1. The minimum absolute atomic E-state index is 0.0156. The number of benzene rings is 1. The van der Waals surface area contributed by atoms with E-state index in [0.717, 1.165) is 31.5 Å². The molecule has 10 heteroatoms. The van der Waals surface area contributed by atoms with Gasteiger partial charge in [0.25, 0.3) is 0 Å². The Kier molecular flexibility index (Phi) is 11.2. The van der Waals surface area contributed by atoms with E-state index in [9.17, 15) is 22.8 Å². The summed E-state index contributed by atoms with van der Waals surface area (Å²) in [4.78, 5) is 35.3. The molecule has 1 heterocycles. The lowest BCUT2D eigenvalue weighted by Gasteiger charge is -2.20. The van der Waals surface area contributed by atoms with Crippen LogP contribution in [-0.2, 0) is 27.2 Å². The zero-order valence-corrected chi connectivity index (χ0v) is 17.8. The Balaban J connectivity index is 0.000000592. The van der Waals surface area contributed by atoms with Gasteiger partial charge in [0.05, 0.1) is 6.61 Å². The number of methoxy groups -OCH3 is 1. The first-order valence-corrected chi connectivity index (χ1v) is 10.0. The third kappa shape index (κ3) is 9.48. The van der Waals surface area contributed by atoms with E-state index >= 15 is 0 Å². The van der Waals surface area contributed by atoms with Crippen molar-refractivity contribution in [1.82, 2.24) is 10.2 Å². The second-order valence-corrected chi connectivity index (χ2v) is 6.93. The van der Waals surface area contributed by atoms with Gasteiger partial charge >= 0.3 is 12.1 Å². The van der Waals surface area contributed by atoms with Gasteiger partial charge in [-0.1, -0.05) is 12.1 Å². The topological polar surface area (TPSA) is 95.9 Å². The number of Topliss-reactive ketones (excluding diaryl/α,β-unsaturated/α-hetero) is 1. The van der Waals surface area contributed by atoms with E-state index in [-0.39, 0.29) is 24.5 Å². The molecule has 0 spiro atoms. The molecule has 1 aromatic carbocycles. The zero-order chi connectivity index (χ0) is 23.4. The van der Waals surface area contributed by atoms with Gasteiger partial charge in [-0.2, -0.15) is 13.2 Å². The fourth-order valence-electron chi connectivity index (χ4n) is 3.03. The fourth-order valence-corrected chi connectivity index (χ4v) is 3.03. The average molecular weight is 446 g/mol. The van der Waals surface area contributed by atoms with Crippen molar-refractivity contribution < 1.29 is 37.4 Å². The van der Waals surface area contributed by atoms with E-state index in [2.05, 4.69) is 11.4 Å². The summed E-state index contributed by atoms with van der Waals surface area (Å²) in [7, 11) is 1.62. The van der Waals surface area contributed by atoms with Gasteiger partial charge in [0.2, 0.25) is 5.91 Å². The van der Waals surface area contributed by atoms with E-state index in [1.807, 2.05) is 19.1 Å². The lowest BCUT2D eigenvalue weighted by Crippen LogP contribution is -2.33. The van der Waals surface area contributed by atoms with Crippen molar-refractivity contribution in [3.05, 3.63) is 34.9 Å². The van der Waals surface area contributed by atoms with Crippen LogP contribution < -0.4 is 5.32 Å². The number of carboxylic acids is 1. The van der Waals surface area contributed by atoms with Crippen LogP contribution in [0.4, 0.5) is 13.2 Å². The van der Waals surface area contributed by atoms with Gasteiger partial charge in [-0.15, -0.1) is 0 Å². The summed E-state index contributed by atoms with van der Waals surface area (Å²) in [6.07, 6.45) is -2.60. The van der Waals surface area contributed by atoms with Crippen LogP contribution in [0, 0.1) is 0 Å². The van der Waals surface area contributed by atoms with E-state index < -0.39 is 12.1 Å². The molecule has 174 valence electrons. The molecule has 1 amide bonds. The largest absolute Gasteiger partial charge is 0.490 e. The van der Waals surface area contributed by atoms with E-state index in [1.165, 1.54) is 11.1 Å². The third-order valence-electron chi connectivity index (χ3n) is 4.78. The highest BCUT2D eigenvalue weighted by molar-refractivity contribution is 5.98. The van der Waals surface area contributed by atoms with Crippen LogP contribution in [0.25, 0.3) is 0 Å². The SMILES string of the molecule is CCN(CCOC)C(=O)CCC(=O)c1ccc2c(c1)CCNCC2.O=C(O)C(F)(F)F. The van der Waals surface area contributed by atoms with Crippen LogP contribution >= 0.6 is 0 Å². The van der Waals surface area contributed by atoms with Gasteiger partial charge in [-0.05, 0) is 50.0 Å². The number of halogens is 3. The molecular weight excluding hydrogens is 417 g/mol. The Morgan fingerprint density at radius 3 is 2.29 bits per heavy atom. The minimum Gasteiger partial charge on any atom is -0.475 e. The molecule has 0 atom stereocenters. The van der Waals surface area contributed by atoms with Crippen LogP contribution in [0.3, 0.4) is 0 Å². The monoisotopic (exact) mass is 446 g/mol. The number of aliphatic carboxylic acids is 1. The number of nitrogens with zero attached hydrogens (tertiary/aromatic N) is 1. The molecular formula is C21H29F3N2O5. The molecule has 2 rings (SSSR count). The summed E-state index contributed by atoms with van der Waals surface area (Å²) in [6.45, 7) is 5.62. The van der Waals surface area contributed by atoms with Gasteiger partial charge in [-0.3, -0.25) is 9.59 Å². The molecule has 1 aromatic rings. The molecule has 0 unspecified atom stereocenters. The Morgan fingerprint density at radius 1 is 1.13 bits per heavy atom. The maximum absolute atomic E-state index is 12.4. The van der Waals surface area contributed by atoms with Gasteiger partial charge in [-0.25, -0.2) is 4.79 Å². The van der Waals surface area contributed by atoms with Crippen molar-refractivity contribution in [3.8, 4) is 0 Å². The van der Waals surface area contributed by atoms with Crippen molar-refractivity contribution in [2.45, 2.75) is 38.8 Å². The van der Waals surface area contributed by atoms with Crippen LogP contribution in [0.1, 0.15) is 41.3 Å². The molecule has 0 aromatic heterocycles. The van der Waals surface area contributed by atoms with Crippen LogP contribution in [0.15, 0.2) is 18.2 Å². The number of amides is 1. The molecule has 0 radical (unpaired) electrons. The summed E-state index contributed by atoms with van der Waals surface area (Å²) >= 11 is 0. The molecule has 0 aliphatic carbocycles. The van der Waals surface area contributed by atoms with Crippen LogP contribution in [0.5, 0.6) is 0 Å². The number of hydrogen-bond donors (Lipinski definition) is 2. The second kappa shape index (κ2) is 13.1. The molecule has 0 saturated carbocycles. The van der Waals surface area contributed by atoms with Crippen molar-refractivity contribution in [2.75, 3.05) is 39.9 Å². The summed E-state index contributed by atoms with van der Waals surface area (Å²) in [5.74, 6) is -2.69. The summed E-state index contributed by atoms with van der Waals surface area (Å²) in [5.41, 5.74) is 3.31. The molecule has 1 aliphatic rings. The molecule has 2 N–H and O–H groups in total. The van der Waals surface area contributed by atoms with E-state index in [0.29, 0.717) is 19.7 Å². The Hall–Kier alpha value is -2.46. The quantitative estimate of drug-likeness (QED) is 0.596. The van der Waals surface area contributed by atoms with Crippen molar-refractivity contribution >= 4 is 17.7 Å². The predicted molar refractivity (Wildman–Crippen MR) is 108 cm³/mol. The molecule has 7 nitrogen and oxygen atoms in total. The number of hydrogen-bond acceptors (Lipinski definition) is 5. The summed E-state index contributed by atoms with van der Waals surface area (Å²) < 4.78 is 36.8. The highest BCUT2D eigenvalue weighted by atomic mass is 19.4. The number of ether oxygens (including phenoxy) is 1. The van der Waals surface area contributed by atoms with Crippen LogP contribution in [0.2, 0.25) is 0 Å². The zero-order valence-electron chi connectivity index (χ0n) is 17.8. The summed E-state index contributed by atoms with van der Waals surface area (Å²) in [6, 6.07) is 5.98. The predicted octanol–water partition coefficient (Wildman–Crippen LogP) is 2.47. The van der Waals surface area contributed by atoms with Crippen molar-refractivity contribution in [3.63, 3.8) is 0 Å².